The molecule has 7 heteroatoms. The predicted octanol–water partition coefficient (Wildman–Crippen LogP) is 4.10. The van der Waals surface area contributed by atoms with Gasteiger partial charge in [-0.2, -0.15) is 0 Å². The molecule has 2 aromatic carbocycles. The van der Waals surface area contributed by atoms with Crippen molar-refractivity contribution in [1.29, 1.82) is 0 Å². The van der Waals surface area contributed by atoms with Gasteiger partial charge in [0.05, 0.1) is 11.1 Å². The maximum Gasteiger partial charge on any atom is 0.329 e. The van der Waals surface area contributed by atoms with E-state index in [-0.39, 0.29) is 23.0 Å². The van der Waals surface area contributed by atoms with Crippen molar-refractivity contribution in [3.05, 3.63) is 64.7 Å². The number of esters is 1. The zero-order chi connectivity index (χ0) is 23.6. The average Bonchev–Trinajstić information content (AvgIpc) is 3.01. The molecule has 0 spiro atoms. The number of nitrogens with one attached hydrogen (secondary N) is 1. The number of amides is 3. The summed E-state index contributed by atoms with van der Waals surface area (Å²) in [5.74, 6) is -2.02. The molecule has 3 rings (SSSR count). The van der Waals surface area contributed by atoms with Crippen LogP contribution in [0.5, 0.6) is 0 Å². The minimum Gasteiger partial charge on any atom is -0.454 e. The van der Waals surface area contributed by atoms with Gasteiger partial charge in [0.1, 0.15) is 6.04 Å². The molecule has 0 saturated carbocycles. The Morgan fingerprint density at radius 2 is 1.34 bits per heavy atom. The highest BCUT2D eigenvalue weighted by molar-refractivity contribution is 6.22. The first-order valence-electron chi connectivity index (χ1n) is 10.7. The number of hydrogen-bond donors (Lipinski definition) is 1. The highest BCUT2D eigenvalue weighted by Crippen LogP contribution is 2.32. The van der Waals surface area contributed by atoms with Crippen molar-refractivity contribution in [3.63, 3.8) is 0 Å². The summed E-state index contributed by atoms with van der Waals surface area (Å²) in [6.07, 6.45) is 0. The Morgan fingerprint density at radius 1 is 0.844 bits per heavy atom. The summed E-state index contributed by atoms with van der Waals surface area (Å²) < 4.78 is 5.15. The number of para-hydroxylation sites is 1. The molecule has 168 valence electrons. The first-order chi connectivity index (χ1) is 15.1. The Balaban J connectivity index is 1.67. The standard InChI is InChI=1S/C25H28N2O5/c1-14(2)17-11-8-12-18(15(3)4)22(17)26-21(28)13-32-25(31)16(5)27-23(29)19-9-6-7-10-20(19)24(27)30/h6-12,14-16H,13H2,1-5H3,(H,26,28)/t16-/m1/s1. The van der Waals surface area contributed by atoms with E-state index < -0.39 is 36.3 Å². The smallest absolute Gasteiger partial charge is 0.329 e. The molecule has 0 bridgehead atoms. The van der Waals surface area contributed by atoms with Crippen LogP contribution in [0.3, 0.4) is 0 Å². The summed E-state index contributed by atoms with van der Waals surface area (Å²) in [6.45, 7) is 9.05. The third kappa shape index (κ3) is 4.42. The lowest BCUT2D eigenvalue weighted by atomic mass is 9.92. The third-order valence-corrected chi connectivity index (χ3v) is 5.54. The molecule has 3 amide bonds. The van der Waals surface area contributed by atoms with E-state index in [2.05, 4.69) is 5.32 Å². The number of fused-ring (bicyclic) bond motifs is 1. The molecular formula is C25H28N2O5. The number of nitrogens with zero attached hydrogens (tertiary/aromatic N) is 1. The molecule has 1 aliphatic heterocycles. The molecule has 32 heavy (non-hydrogen) atoms. The second kappa shape index (κ2) is 9.34. The van der Waals surface area contributed by atoms with E-state index in [9.17, 15) is 19.2 Å². The molecule has 1 atom stereocenters. The van der Waals surface area contributed by atoms with Gasteiger partial charge in [0.15, 0.2) is 6.61 Å². The van der Waals surface area contributed by atoms with Crippen LogP contribution in [-0.4, -0.2) is 41.2 Å². The first kappa shape index (κ1) is 23.2. The van der Waals surface area contributed by atoms with Gasteiger partial charge >= 0.3 is 5.97 Å². The zero-order valence-corrected chi connectivity index (χ0v) is 19.0. The highest BCUT2D eigenvalue weighted by atomic mass is 16.5. The second-order valence-corrected chi connectivity index (χ2v) is 8.48. The van der Waals surface area contributed by atoms with Crippen molar-refractivity contribution in [1.82, 2.24) is 4.90 Å². The van der Waals surface area contributed by atoms with Gasteiger partial charge in [-0.1, -0.05) is 58.0 Å². The van der Waals surface area contributed by atoms with Crippen LogP contribution in [0.2, 0.25) is 0 Å². The number of imide groups is 1. The number of carbonyl (C=O) groups is 4. The summed E-state index contributed by atoms with van der Waals surface area (Å²) in [5.41, 5.74) is 3.22. The second-order valence-electron chi connectivity index (χ2n) is 8.48. The number of rotatable bonds is 7. The summed E-state index contributed by atoms with van der Waals surface area (Å²) in [4.78, 5) is 51.1. The van der Waals surface area contributed by atoms with Gasteiger partial charge in [-0.25, -0.2) is 4.79 Å². The van der Waals surface area contributed by atoms with Crippen LogP contribution >= 0.6 is 0 Å². The Kier molecular flexibility index (Phi) is 6.77. The Bertz CT molecular complexity index is 1010. The minimum absolute atomic E-state index is 0.195. The van der Waals surface area contributed by atoms with Crippen LogP contribution in [0.4, 0.5) is 5.69 Å². The van der Waals surface area contributed by atoms with E-state index in [1.807, 2.05) is 45.9 Å². The maximum absolute atomic E-state index is 12.6. The van der Waals surface area contributed by atoms with Crippen molar-refractivity contribution in [2.24, 2.45) is 0 Å². The van der Waals surface area contributed by atoms with Crippen LogP contribution in [0.15, 0.2) is 42.5 Å². The van der Waals surface area contributed by atoms with Crippen LogP contribution in [0.25, 0.3) is 0 Å². The van der Waals surface area contributed by atoms with Crippen LogP contribution in [0.1, 0.15) is 78.3 Å². The van der Waals surface area contributed by atoms with Gasteiger partial charge in [-0.15, -0.1) is 0 Å². The lowest BCUT2D eigenvalue weighted by molar-refractivity contribution is -0.150. The van der Waals surface area contributed by atoms with E-state index >= 15 is 0 Å². The third-order valence-electron chi connectivity index (χ3n) is 5.54. The number of benzene rings is 2. The quantitative estimate of drug-likeness (QED) is 0.521. The fourth-order valence-corrected chi connectivity index (χ4v) is 3.79. The van der Waals surface area contributed by atoms with E-state index in [1.54, 1.807) is 24.3 Å². The Hall–Kier alpha value is -3.48. The summed E-state index contributed by atoms with van der Waals surface area (Å²) in [7, 11) is 0. The van der Waals surface area contributed by atoms with E-state index in [1.165, 1.54) is 6.92 Å². The van der Waals surface area contributed by atoms with Crippen LogP contribution < -0.4 is 5.32 Å². The molecule has 1 aliphatic rings. The van der Waals surface area contributed by atoms with Crippen molar-refractivity contribution in [3.8, 4) is 0 Å². The zero-order valence-electron chi connectivity index (χ0n) is 19.0. The molecule has 0 aromatic heterocycles. The Morgan fingerprint density at radius 3 is 1.81 bits per heavy atom. The average molecular weight is 437 g/mol. The number of ether oxygens (including phenoxy) is 1. The largest absolute Gasteiger partial charge is 0.454 e. The van der Waals surface area contributed by atoms with E-state index in [0.29, 0.717) is 0 Å². The lowest BCUT2D eigenvalue weighted by Crippen LogP contribution is -2.44. The first-order valence-corrected chi connectivity index (χ1v) is 10.7. The summed E-state index contributed by atoms with van der Waals surface area (Å²) in [6, 6.07) is 11.1. The van der Waals surface area contributed by atoms with Crippen LogP contribution in [-0.2, 0) is 14.3 Å². The molecule has 1 N–H and O–H groups in total. The predicted molar refractivity (Wildman–Crippen MR) is 121 cm³/mol. The van der Waals surface area contributed by atoms with Crippen molar-refractivity contribution >= 4 is 29.4 Å². The van der Waals surface area contributed by atoms with E-state index in [0.717, 1.165) is 21.7 Å². The molecule has 0 unspecified atom stereocenters. The molecular weight excluding hydrogens is 408 g/mol. The molecule has 7 nitrogen and oxygen atoms in total. The van der Waals surface area contributed by atoms with Gasteiger partial charge in [-0.05, 0) is 42.0 Å². The molecule has 1 heterocycles. The van der Waals surface area contributed by atoms with Gasteiger partial charge in [0.25, 0.3) is 17.7 Å². The van der Waals surface area contributed by atoms with Crippen LogP contribution in [0, 0.1) is 0 Å². The van der Waals surface area contributed by atoms with Gasteiger partial charge < -0.3 is 10.1 Å². The SMILES string of the molecule is CC(C)c1cccc(C(C)C)c1NC(=O)COC(=O)[C@@H](C)N1C(=O)c2ccccc2C1=O. The molecule has 0 fully saturated rings. The van der Waals surface area contributed by atoms with Gasteiger partial charge in [0.2, 0.25) is 0 Å². The normalized spacial score (nSPS) is 14.0. The molecule has 0 aliphatic carbocycles. The number of carbonyl (C=O) groups excluding carboxylic acids is 4. The van der Waals surface area contributed by atoms with Crippen molar-refractivity contribution in [2.75, 3.05) is 11.9 Å². The van der Waals surface area contributed by atoms with E-state index in [4.69, 9.17) is 4.74 Å². The number of anilines is 1. The molecule has 0 saturated heterocycles. The topological polar surface area (TPSA) is 92.8 Å². The Labute approximate surface area is 187 Å². The molecule has 0 radical (unpaired) electrons. The number of hydrogen-bond acceptors (Lipinski definition) is 5. The fraction of sp³-hybridized carbons (Fsp3) is 0.360. The minimum atomic E-state index is -1.15. The lowest BCUT2D eigenvalue weighted by Gasteiger charge is -2.22. The highest BCUT2D eigenvalue weighted by Gasteiger charge is 2.41. The monoisotopic (exact) mass is 436 g/mol. The van der Waals surface area contributed by atoms with Gasteiger partial charge in [-0.3, -0.25) is 19.3 Å². The molecule has 2 aromatic rings. The fourth-order valence-electron chi connectivity index (χ4n) is 3.79. The maximum atomic E-state index is 12.6. The summed E-state index contributed by atoms with van der Waals surface area (Å²) in [5, 5.41) is 2.87. The van der Waals surface area contributed by atoms with Gasteiger partial charge in [0, 0.05) is 5.69 Å². The van der Waals surface area contributed by atoms with Crippen molar-refractivity contribution < 1.29 is 23.9 Å². The summed E-state index contributed by atoms with van der Waals surface area (Å²) >= 11 is 0. The van der Waals surface area contributed by atoms with Crippen molar-refractivity contribution in [2.45, 2.75) is 52.5 Å².